The number of hydrogen-bond donors (Lipinski definition) is 0. The number of aryl methyl sites for hydroxylation is 3. The van der Waals surface area contributed by atoms with Crippen LogP contribution < -0.4 is 14.7 Å². The van der Waals surface area contributed by atoms with Crippen LogP contribution in [-0.4, -0.2) is 0 Å². The van der Waals surface area contributed by atoms with Gasteiger partial charge in [0.15, 0.2) is 0 Å². The molecule has 3 nitrogen and oxygen atoms in total. The van der Waals surface area contributed by atoms with Crippen LogP contribution in [0.15, 0.2) is 279 Å². The molecule has 72 heavy (non-hydrogen) atoms. The summed E-state index contributed by atoms with van der Waals surface area (Å²) in [5.41, 5.74) is 23.0. The van der Waals surface area contributed by atoms with Gasteiger partial charge in [0.1, 0.15) is 0 Å². The van der Waals surface area contributed by atoms with Crippen molar-refractivity contribution < 1.29 is 0 Å². The van der Waals surface area contributed by atoms with Crippen LogP contribution in [0, 0.1) is 20.8 Å². The van der Waals surface area contributed by atoms with Crippen molar-refractivity contribution in [1.29, 1.82) is 0 Å². The Hall–Kier alpha value is -9.18. The Balaban J connectivity index is 0.953. The number of benzene rings is 11. The molecule has 0 saturated carbocycles. The van der Waals surface area contributed by atoms with Gasteiger partial charge in [-0.25, -0.2) is 0 Å². The van der Waals surface area contributed by atoms with Crippen molar-refractivity contribution >= 4 is 51.2 Å². The molecule has 3 heteroatoms. The Bertz CT molecular complexity index is 3420. The predicted octanol–water partition coefficient (Wildman–Crippen LogP) is 19.7. The molecular formula is C69H55N3. The van der Waals surface area contributed by atoms with E-state index in [2.05, 4.69) is 315 Å². The minimum absolute atomic E-state index is 1.10. The summed E-state index contributed by atoms with van der Waals surface area (Å²) in [6.07, 6.45) is 0. The quantitative estimate of drug-likeness (QED) is 0.114. The van der Waals surface area contributed by atoms with Gasteiger partial charge < -0.3 is 14.7 Å². The molecule has 0 aliphatic carbocycles. The fourth-order valence-corrected chi connectivity index (χ4v) is 9.77. The van der Waals surface area contributed by atoms with Crippen LogP contribution in [0.25, 0.3) is 44.5 Å². The molecule has 11 aromatic rings. The summed E-state index contributed by atoms with van der Waals surface area (Å²) < 4.78 is 0. The monoisotopic (exact) mass is 925 g/mol. The first-order valence-electron chi connectivity index (χ1n) is 24.7. The van der Waals surface area contributed by atoms with Gasteiger partial charge in [0, 0.05) is 51.2 Å². The highest BCUT2D eigenvalue weighted by atomic mass is 15.2. The molecule has 11 aromatic carbocycles. The molecule has 0 amide bonds. The maximum Gasteiger partial charge on any atom is 0.0464 e. The van der Waals surface area contributed by atoms with E-state index in [-0.39, 0.29) is 0 Å². The maximum absolute atomic E-state index is 2.34. The summed E-state index contributed by atoms with van der Waals surface area (Å²) in [7, 11) is 0. The van der Waals surface area contributed by atoms with E-state index in [1.54, 1.807) is 0 Å². The zero-order chi connectivity index (χ0) is 48.8. The third kappa shape index (κ3) is 9.83. The normalized spacial score (nSPS) is 11.0. The largest absolute Gasteiger partial charge is 0.310 e. The van der Waals surface area contributed by atoms with Crippen LogP contribution in [0.4, 0.5) is 51.2 Å². The van der Waals surface area contributed by atoms with Crippen molar-refractivity contribution in [2.45, 2.75) is 20.8 Å². The minimum Gasteiger partial charge on any atom is -0.310 e. The van der Waals surface area contributed by atoms with Crippen LogP contribution in [-0.2, 0) is 0 Å². The van der Waals surface area contributed by atoms with E-state index in [9.17, 15) is 0 Å². The van der Waals surface area contributed by atoms with Gasteiger partial charge in [-0.1, -0.05) is 152 Å². The van der Waals surface area contributed by atoms with E-state index < -0.39 is 0 Å². The Morgan fingerprint density at radius 2 is 0.375 bits per heavy atom. The van der Waals surface area contributed by atoms with Crippen molar-refractivity contribution in [2.24, 2.45) is 0 Å². The highest BCUT2D eigenvalue weighted by Gasteiger charge is 2.17. The third-order valence-corrected chi connectivity index (χ3v) is 13.4. The first kappa shape index (κ1) is 45.3. The Labute approximate surface area is 424 Å². The summed E-state index contributed by atoms with van der Waals surface area (Å²) in [5, 5.41) is 0. The molecule has 0 spiro atoms. The standard InChI is InChI=1S/C69H55N3/c1-50-16-13-25-67(44-50)70(61-19-7-4-8-20-61)64-38-32-54(33-39-64)53-28-30-55(31-29-53)58-47-59(56-34-40-65(41-35-56)71(62-21-9-5-10-22-62)68-26-14-17-51(2)45-68)49-60(48-58)57-36-42-66(43-37-57)72(63-23-11-6-12-24-63)69-27-15-18-52(3)46-69/h4-49H,1-3H3. The first-order chi connectivity index (χ1) is 35.4. The number of anilines is 9. The maximum atomic E-state index is 2.34. The summed E-state index contributed by atoms with van der Waals surface area (Å²) in [6.45, 7) is 6.44. The fourth-order valence-electron chi connectivity index (χ4n) is 9.77. The highest BCUT2D eigenvalue weighted by Crippen LogP contribution is 2.41. The SMILES string of the molecule is Cc1cccc(N(c2ccccc2)c2ccc(-c3ccc(-c4cc(-c5ccc(N(c6ccccc6)c6cccc(C)c6)cc5)cc(-c5ccc(N(c6ccccc6)c6cccc(C)c6)cc5)c4)cc3)cc2)c1. The second-order valence-corrected chi connectivity index (χ2v) is 18.5. The number of nitrogens with zero attached hydrogens (tertiary/aromatic N) is 3. The molecular weight excluding hydrogens is 871 g/mol. The Kier molecular flexibility index (Phi) is 12.8. The lowest BCUT2D eigenvalue weighted by atomic mass is 9.92. The fraction of sp³-hybridized carbons (Fsp3) is 0.0435. The smallest absolute Gasteiger partial charge is 0.0464 e. The molecule has 0 heterocycles. The van der Waals surface area contributed by atoms with E-state index in [1.807, 2.05) is 0 Å². The molecule has 0 N–H and O–H groups in total. The second kappa shape index (κ2) is 20.4. The van der Waals surface area contributed by atoms with Gasteiger partial charge in [-0.3, -0.25) is 0 Å². The number of rotatable bonds is 13. The van der Waals surface area contributed by atoms with Gasteiger partial charge in [0.25, 0.3) is 0 Å². The van der Waals surface area contributed by atoms with Gasteiger partial charge in [0.05, 0.1) is 0 Å². The van der Waals surface area contributed by atoms with E-state index in [4.69, 9.17) is 0 Å². The Morgan fingerprint density at radius 1 is 0.167 bits per heavy atom. The lowest BCUT2D eigenvalue weighted by Gasteiger charge is -2.26. The van der Waals surface area contributed by atoms with Gasteiger partial charge in [-0.15, -0.1) is 0 Å². The van der Waals surface area contributed by atoms with E-state index in [0.29, 0.717) is 0 Å². The van der Waals surface area contributed by atoms with Crippen LogP contribution >= 0.6 is 0 Å². The average molecular weight is 926 g/mol. The first-order valence-corrected chi connectivity index (χ1v) is 24.7. The number of para-hydroxylation sites is 3. The van der Waals surface area contributed by atoms with Crippen LogP contribution in [0.5, 0.6) is 0 Å². The van der Waals surface area contributed by atoms with Crippen LogP contribution in [0.2, 0.25) is 0 Å². The predicted molar refractivity (Wildman–Crippen MR) is 306 cm³/mol. The molecule has 0 aliphatic rings. The zero-order valence-electron chi connectivity index (χ0n) is 40.9. The zero-order valence-corrected chi connectivity index (χ0v) is 40.9. The lowest BCUT2D eigenvalue weighted by molar-refractivity contribution is 1.27. The second-order valence-electron chi connectivity index (χ2n) is 18.5. The molecule has 0 unspecified atom stereocenters. The van der Waals surface area contributed by atoms with Crippen molar-refractivity contribution in [3.8, 4) is 44.5 Å². The molecule has 0 fully saturated rings. The summed E-state index contributed by atoms with van der Waals surface area (Å²) in [5.74, 6) is 0. The summed E-state index contributed by atoms with van der Waals surface area (Å²) in [6, 6.07) is 101. The van der Waals surface area contributed by atoms with E-state index >= 15 is 0 Å². The van der Waals surface area contributed by atoms with Gasteiger partial charge in [-0.05, 0) is 209 Å². The molecule has 0 atom stereocenters. The number of hydrogen-bond acceptors (Lipinski definition) is 3. The molecule has 0 bridgehead atoms. The van der Waals surface area contributed by atoms with Gasteiger partial charge >= 0.3 is 0 Å². The summed E-state index contributed by atoms with van der Waals surface area (Å²) in [4.78, 5) is 6.97. The highest BCUT2D eigenvalue weighted by molar-refractivity contribution is 5.86. The topological polar surface area (TPSA) is 9.72 Å². The lowest BCUT2D eigenvalue weighted by Crippen LogP contribution is -2.09. The van der Waals surface area contributed by atoms with E-state index in [1.165, 1.54) is 27.8 Å². The molecule has 11 rings (SSSR count). The van der Waals surface area contributed by atoms with Crippen LogP contribution in [0.3, 0.4) is 0 Å². The van der Waals surface area contributed by atoms with Gasteiger partial charge in [-0.2, -0.15) is 0 Å². The van der Waals surface area contributed by atoms with E-state index in [0.717, 1.165) is 84.6 Å². The molecule has 346 valence electrons. The minimum atomic E-state index is 1.10. The van der Waals surface area contributed by atoms with Crippen molar-refractivity contribution in [2.75, 3.05) is 14.7 Å². The third-order valence-electron chi connectivity index (χ3n) is 13.4. The van der Waals surface area contributed by atoms with Crippen molar-refractivity contribution in [3.05, 3.63) is 296 Å². The van der Waals surface area contributed by atoms with Crippen molar-refractivity contribution in [3.63, 3.8) is 0 Å². The molecule has 0 aliphatic heterocycles. The molecule has 0 saturated heterocycles. The average Bonchev–Trinajstić information content (AvgIpc) is 3.43. The molecule has 0 radical (unpaired) electrons. The van der Waals surface area contributed by atoms with Gasteiger partial charge in [0.2, 0.25) is 0 Å². The summed E-state index contributed by atoms with van der Waals surface area (Å²) >= 11 is 0. The molecule has 0 aromatic heterocycles. The van der Waals surface area contributed by atoms with Crippen LogP contribution in [0.1, 0.15) is 16.7 Å². The Morgan fingerprint density at radius 3 is 0.625 bits per heavy atom. The van der Waals surface area contributed by atoms with Crippen molar-refractivity contribution in [1.82, 2.24) is 0 Å².